The third-order valence-corrected chi connectivity index (χ3v) is 4.05. The maximum atomic E-state index is 11.8. The second kappa shape index (κ2) is 8.28. The number of nitrogens with one attached hydrogen (secondary N) is 2. The Bertz CT molecular complexity index is 641. The molecule has 0 saturated carbocycles. The molecular weight excluding hydrogens is 343 g/mol. The fraction of sp³-hybridized carbons (Fsp3) is 0.188. The van der Waals surface area contributed by atoms with Gasteiger partial charge in [0, 0.05) is 24.5 Å². The van der Waals surface area contributed by atoms with E-state index in [1.54, 1.807) is 24.3 Å². The van der Waals surface area contributed by atoms with E-state index in [0.717, 1.165) is 5.56 Å². The zero-order chi connectivity index (χ0) is 15.9. The first kappa shape index (κ1) is 16.9. The van der Waals surface area contributed by atoms with Gasteiger partial charge in [-0.2, -0.15) is 0 Å². The van der Waals surface area contributed by atoms with Crippen LogP contribution in [0.2, 0.25) is 15.1 Å². The molecule has 2 aromatic rings. The highest BCUT2D eigenvalue weighted by Crippen LogP contribution is 2.29. The number of amides is 1. The molecule has 6 heteroatoms. The molecule has 0 aliphatic heterocycles. The van der Waals surface area contributed by atoms with Gasteiger partial charge in [0.15, 0.2) is 0 Å². The van der Waals surface area contributed by atoms with Crippen molar-refractivity contribution >= 4 is 46.4 Å². The van der Waals surface area contributed by atoms with Gasteiger partial charge in [-0.1, -0.05) is 59.1 Å². The third kappa shape index (κ3) is 4.80. The molecule has 22 heavy (non-hydrogen) atoms. The Kier molecular flexibility index (Phi) is 6.37. The SMILES string of the molecule is O=C(CCNc1c(Cl)cccc1Cl)NCc1ccccc1Cl. The van der Waals surface area contributed by atoms with Gasteiger partial charge in [0.05, 0.1) is 15.7 Å². The van der Waals surface area contributed by atoms with E-state index in [2.05, 4.69) is 10.6 Å². The van der Waals surface area contributed by atoms with Crippen molar-refractivity contribution in [2.45, 2.75) is 13.0 Å². The van der Waals surface area contributed by atoms with Gasteiger partial charge in [-0.3, -0.25) is 4.79 Å². The Hall–Kier alpha value is -1.42. The van der Waals surface area contributed by atoms with E-state index < -0.39 is 0 Å². The monoisotopic (exact) mass is 356 g/mol. The molecule has 0 aliphatic rings. The largest absolute Gasteiger partial charge is 0.382 e. The Morgan fingerprint density at radius 3 is 2.23 bits per heavy atom. The van der Waals surface area contributed by atoms with Crippen LogP contribution in [0.4, 0.5) is 5.69 Å². The summed E-state index contributed by atoms with van der Waals surface area (Å²) in [6.45, 7) is 0.850. The van der Waals surface area contributed by atoms with Gasteiger partial charge < -0.3 is 10.6 Å². The van der Waals surface area contributed by atoms with Crippen molar-refractivity contribution in [3.8, 4) is 0 Å². The van der Waals surface area contributed by atoms with Crippen molar-refractivity contribution in [3.63, 3.8) is 0 Å². The van der Waals surface area contributed by atoms with Crippen LogP contribution in [-0.4, -0.2) is 12.5 Å². The summed E-state index contributed by atoms with van der Waals surface area (Å²) >= 11 is 18.1. The average Bonchev–Trinajstić information content (AvgIpc) is 2.49. The molecule has 0 bridgehead atoms. The summed E-state index contributed by atoms with van der Waals surface area (Å²) in [5.74, 6) is -0.0735. The van der Waals surface area contributed by atoms with Crippen LogP contribution < -0.4 is 10.6 Å². The van der Waals surface area contributed by atoms with E-state index in [9.17, 15) is 4.79 Å². The fourth-order valence-corrected chi connectivity index (χ4v) is 2.63. The summed E-state index contributed by atoms with van der Waals surface area (Å²) in [6, 6.07) is 12.7. The topological polar surface area (TPSA) is 41.1 Å². The van der Waals surface area contributed by atoms with Crippen molar-refractivity contribution in [1.29, 1.82) is 0 Å². The zero-order valence-corrected chi connectivity index (χ0v) is 14.0. The van der Waals surface area contributed by atoms with Gasteiger partial charge in [-0.25, -0.2) is 0 Å². The lowest BCUT2D eigenvalue weighted by atomic mass is 10.2. The molecular formula is C16H15Cl3N2O. The standard InChI is InChI=1S/C16H15Cl3N2O/c17-12-5-2-1-4-11(12)10-21-15(22)8-9-20-16-13(18)6-3-7-14(16)19/h1-7,20H,8-10H2,(H,21,22). The van der Waals surface area contributed by atoms with E-state index >= 15 is 0 Å². The minimum atomic E-state index is -0.0735. The summed E-state index contributed by atoms with van der Waals surface area (Å²) in [5.41, 5.74) is 1.53. The normalized spacial score (nSPS) is 10.3. The second-order valence-corrected chi connectivity index (χ2v) is 5.86. The lowest BCUT2D eigenvalue weighted by molar-refractivity contribution is -0.121. The molecule has 0 saturated heterocycles. The number of para-hydroxylation sites is 1. The predicted octanol–water partition coefficient (Wildman–Crippen LogP) is 4.77. The summed E-state index contributed by atoms with van der Waals surface area (Å²) in [7, 11) is 0. The maximum Gasteiger partial charge on any atom is 0.222 e. The molecule has 0 unspecified atom stereocenters. The Morgan fingerprint density at radius 2 is 1.55 bits per heavy atom. The third-order valence-electron chi connectivity index (χ3n) is 3.05. The molecule has 2 rings (SSSR count). The number of hydrogen-bond donors (Lipinski definition) is 2. The average molecular weight is 358 g/mol. The van der Waals surface area contributed by atoms with Crippen molar-refractivity contribution in [2.24, 2.45) is 0 Å². The first-order valence-corrected chi connectivity index (χ1v) is 7.89. The highest BCUT2D eigenvalue weighted by Gasteiger charge is 2.07. The molecule has 1 amide bonds. The summed E-state index contributed by atoms with van der Waals surface area (Å²) in [6.07, 6.45) is 0.312. The van der Waals surface area contributed by atoms with Gasteiger partial charge in [0.2, 0.25) is 5.91 Å². The molecule has 3 nitrogen and oxygen atoms in total. The Labute approximate surface area is 144 Å². The second-order valence-electron chi connectivity index (χ2n) is 4.64. The molecule has 0 fully saturated rings. The Balaban J connectivity index is 1.78. The van der Waals surface area contributed by atoms with Crippen LogP contribution in [0.1, 0.15) is 12.0 Å². The van der Waals surface area contributed by atoms with Gasteiger partial charge >= 0.3 is 0 Å². The number of carbonyl (C=O) groups excluding carboxylic acids is 1. The molecule has 0 aliphatic carbocycles. The number of benzene rings is 2. The highest BCUT2D eigenvalue weighted by molar-refractivity contribution is 6.39. The molecule has 0 heterocycles. The molecule has 116 valence electrons. The highest BCUT2D eigenvalue weighted by atomic mass is 35.5. The van der Waals surface area contributed by atoms with E-state index in [0.29, 0.717) is 40.3 Å². The van der Waals surface area contributed by atoms with E-state index in [1.165, 1.54) is 0 Å². The Morgan fingerprint density at radius 1 is 0.909 bits per heavy atom. The van der Waals surface area contributed by atoms with E-state index in [4.69, 9.17) is 34.8 Å². The van der Waals surface area contributed by atoms with Crippen LogP contribution in [0.25, 0.3) is 0 Å². The first-order chi connectivity index (χ1) is 10.6. The number of anilines is 1. The van der Waals surface area contributed by atoms with Crippen molar-refractivity contribution in [3.05, 3.63) is 63.1 Å². The molecule has 0 spiro atoms. The van der Waals surface area contributed by atoms with Crippen LogP contribution in [0, 0.1) is 0 Å². The number of carbonyl (C=O) groups is 1. The lowest BCUT2D eigenvalue weighted by Crippen LogP contribution is -2.25. The minimum absolute atomic E-state index is 0.0735. The number of rotatable bonds is 6. The fourth-order valence-electron chi connectivity index (χ4n) is 1.89. The molecule has 0 aromatic heterocycles. The quantitative estimate of drug-likeness (QED) is 0.782. The van der Waals surface area contributed by atoms with Crippen LogP contribution in [0.5, 0.6) is 0 Å². The van der Waals surface area contributed by atoms with Crippen molar-refractivity contribution in [2.75, 3.05) is 11.9 Å². The van der Waals surface area contributed by atoms with Crippen molar-refractivity contribution in [1.82, 2.24) is 5.32 Å². The molecule has 2 N–H and O–H groups in total. The van der Waals surface area contributed by atoms with E-state index in [-0.39, 0.29) is 5.91 Å². The first-order valence-electron chi connectivity index (χ1n) is 6.76. The van der Waals surface area contributed by atoms with E-state index in [1.807, 2.05) is 18.2 Å². The smallest absolute Gasteiger partial charge is 0.222 e. The van der Waals surface area contributed by atoms with Crippen LogP contribution in [-0.2, 0) is 11.3 Å². The molecule has 0 radical (unpaired) electrons. The lowest BCUT2D eigenvalue weighted by Gasteiger charge is -2.10. The minimum Gasteiger partial charge on any atom is -0.382 e. The molecule has 0 atom stereocenters. The van der Waals surface area contributed by atoms with Crippen molar-refractivity contribution < 1.29 is 4.79 Å². The van der Waals surface area contributed by atoms with Crippen LogP contribution >= 0.6 is 34.8 Å². The van der Waals surface area contributed by atoms with Gasteiger partial charge in [0.1, 0.15) is 0 Å². The number of halogens is 3. The van der Waals surface area contributed by atoms with Crippen LogP contribution in [0.15, 0.2) is 42.5 Å². The summed E-state index contributed by atoms with van der Waals surface area (Å²) in [5, 5.41) is 7.60. The zero-order valence-electron chi connectivity index (χ0n) is 11.7. The summed E-state index contributed by atoms with van der Waals surface area (Å²) in [4.78, 5) is 11.8. The van der Waals surface area contributed by atoms with Crippen LogP contribution in [0.3, 0.4) is 0 Å². The predicted molar refractivity (Wildman–Crippen MR) is 92.9 cm³/mol. The van der Waals surface area contributed by atoms with Gasteiger partial charge in [0.25, 0.3) is 0 Å². The van der Waals surface area contributed by atoms with Gasteiger partial charge in [-0.05, 0) is 23.8 Å². The summed E-state index contributed by atoms with van der Waals surface area (Å²) < 4.78 is 0. The molecule has 2 aromatic carbocycles. The van der Waals surface area contributed by atoms with Gasteiger partial charge in [-0.15, -0.1) is 0 Å². The maximum absolute atomic E-state index is 11.8. The number of hydrogen-bond acceptors (Lipinski definition) is 2.